The van der Waals surface area contributed by atoms with Crippen LogP contribution in [0, 0.1) is 6.92 Å². The third-order valence-corrected chi connectivity index (χ3v) is 2.67. The average Bonchev–Trinajstić information content (AvgIpc) is 2.34. The van der Waals surface area contributed by atoms with Gasteiger partial charge >= 0.3 is 5.97 Å². The number of esters is 1. The monoisotopic (exact) mass is 262 g/mol. The summed E-state index contributed by atoms with van der Waals surface area (Å²) in [5.74, 6) is 0.951. The van der Waals surface area contributed by atoms with E-state index in [1.807, 2.05) is 13.0 Å². The summed E-state index contributed by atoms with van der Waals surface area (Å²) in [6.45, 7) is 8.83. The Balaban J connectivity index is 2.62. The SMILES string of the molecule is CCOC(=O)/C=C/COc1cc(C)ccc1C(C)C. The van der Waals surface area contributed by atoms with Crippen LogP contribution in [0.4, 0.5) is 0 Å². The summed E-state index contributed by atoms with van der Waals surface area (Å²) in [5, 5.41) is 0. The van der Waals surface area contributed by atoms with Crippen LogP contribution in [0.25, 0.3) is 0 Å². The molecule has 0 N–H and O–H groups in total. The first-order chi connectivity index (χ1) is 9.04. The Bertz CT molecular complexity index is 447. The first-order valence-electron chi connectivity index (χ1n) is 6.61. The van der Waals surface area contributed by atoms with Crippen LogP contribution >= 0.6 is 0 Å². The van der Waals surface area contributed by atoms with Crippen molar-refractivity contribution >= 4 is 5.97 Å². The van der Waals surface area contributed by atoms with Crippen LogP contribution in [0.3, 0.4) is 0 Å². The minimum Gasteiger partial charge on any atom is -0.489 e. The highest BCUT2D eigenvalue weighted by atomic mass is 16.5. The van der Waals surface area contributed by atoms with Crippen LogP contribution in [0.1, 0.15) is 37.8 Å². The van der Waals surface area contributed by atoms with E-state index in [1.54, 1.807) is 13.0 Å². The molecule has 0 aliphatic rings. The molecular formula is C16H22O3. The second kappa shape index (κ2) is 7.62. The molecular weight excluding hydrogens is 240 g/mol. The molecule has 0 saturated carbocycles. The number of carbonyl (C=O) groups is 1. The quantitative estimate of drug-likeness (QED) is 0.580. The van der Waals surface area contributed by atoms with E-state index >= 15 is 0 Å². The van der Waals surface area contributed by atoms with Crippen LogP contribution in [0.15, 0.2) is 30.4 Å². The summed E-state index contributed by atoms with van der Waals surface area (Å²) in [5.41, 5.74) is 2.34. The molecule has 0 amide bonds. The van der Waals surface area contributed by atoms with E-state index in [0.29, 0.717) is 19.1 Å². The molecule has 0 atom stereocenters. The topological polar surface area (TPSA) is 35.5 Å². The van der Waals surface area contributed by atoms with Gasteiger partial charge in [-0.05, 0) is 43.0 Å². The lowest BCUT2D eigenvalue weighted by molar-refractivity contribution is -0.137. The zero-order chi connectivity index (χ0) is 14.3. The van der Waals surface area contributed by atoms with Gasteiger partial charge in [-0.3, -0.25) is 0 Å². The molecule has 1 rings (SSSR count). The number of rotatable bonds is 6. The van der Waals surface area contributed by atoms with E-state index in [1.165, 1.54) is 11.6 Å². The zero-order valence-corrected chi connectivity index (χ0v) is 12.1. The third kappa shape index (κ3) is 5.16. The maximum atomic E-state index is 11.1. The molecule has 3 heteroatoms. The molecule has 3 nitrogen and oxygen atoms in total. The largest absolute Gasteiger partial charge is 0.489 e. The molecule has 0 bridgehead atoms. The smallest absolute Gasteiger partial charge is 0.330 e. The van der Waals surface area contributed by atoms with Crippen molar-refractivity contribution in [2.75, 3.05) is 13.2 Å². The average molecular weight is 262 g/mol. The Labute approximate surface area is 115 Å². The lowest BCUT2D eigenvalue weighted by Crippen LogP contribution is -2.02. The molecule has 1 aromatic carbocycles. The molecule has 0 aromatic heterocycles. The molecule has 0 saturated heterocycles. The standard InChI is InChI=1S/C16H22O3/c1-5-18-16(17)7-6-10-19-15-11-13(4)8-9-14(15)12(2)3/h6-9,11-12H,5,10H2,1-4H3/b7-6+. The van der Waals surface area contributed by atoms with Gasteiger partial charge in [-0.2, -0.15) is 0 Å². The summed E-state index contributed by atoms with van der Waals surface area (Å²) < 4.78 is 10.5. The number of carbonyl (C=O) groups excluding carboxylic acids is 1. The van der Waals surface area contributed by atoms with Gasteiger partial charge in [0, 0.05) is 6.08 Å². The third-order valence-electron chi connectivity index (χ3n) is 2.67. The molecule has 19 heavy (non-hydrogen) atoms. The Morgan fingerprint density at radius 1 is 1.37 bits per heavy atom. The van der Waals surface area contributed by atoms with Crippen molar-refractivity contribution in [2.45, 2.75) is 33.6 Å². The van der Waals surface area contributed by atoms with E-state index < -0.39 is 0 Å². The summed E-state index contributed by atoms with van der Waals surface area (Å²) >= 11 is 0. The minimum atomic E-state index is -0.334. The zero-order valence-electron chi connectivity index (χ0n) is 12.1. The maximum Gasteiger partial charge on any atom is 0.330 e. The van der Waals surface area contributed by atoms with E-state index in [9.17, 15) is 4.79 Å². The summed E-state index contributed by atoms with van der Waals surface area (Å²) in [7, 11) is 0. The van der Waals surface area contributed by atoms with Gasteiger partial charge in [-0.25, -0.2) is 4.79 Å². The van der Waals surface area contributed by atoms with E-state index in [2.05, 4.69) is 26.0 Å². The summed E-state index contributed by atoms with van der Waals surface area (Å²) in [6.07, 6.45) is 3.07. The van der Waals surface area contributed by atoms with Crippen molar-refractivity contribution in [2.24, 2.45) is 0 Å². The lowest BCUT2D eigenvalue weighted by Gasteiger charge is -2.13. The highest BCUT2D eigenvalue weighted by molar-refractivity contribution is 5.81. The van der Waals surface area contributed by atoms with Crippen molar-refractivity contribution in [3.05, 3.63) is 41.5 Å². The molecule has 0 aliphatic heterocycles. The second-order valence-electron chi connectivity index (χ2n) is 4.66. The van der Waals surface area contributed by atoms with E-state index in [4.69, 9.17) is 9.47 Å². The Morgan fingerprint density at radius 2 is 2.11 bits per heavy atom. The van der Waals surface area contributed by atoms with Crippen LogP contribution < -0.4 is 4.74 Å². The summed E-state index contributed by atoms with van der Waals surface area (Å²) in [4.78, 5) is 11.1. The van der Waals surface area contributed by atoms with Crippen LogP contribution in [0.5, 0.6) is 5.75 Å². The van der Waals surface area contributed by atoms with E-state index in [-0.39, 0.29) is 5.97 Å². The first kappa shape index (κ1) is 15.3. The highest BCUT2D eigenvalue weighted by Gasteiger charge is 2.07. The predicted molar refractivity (Wildman–Crippen MR) is 76.5 cm³/mol. The number of hydrogen-bond donors (Lipinski definition) is 0. The molecule has 0 heterocycles. The van der Waals surface area contributed by atoms with Crippen LogP contribution in [0.2, 0.25) is 0 Å². The minimum absolute atomic E-state index is 0.334. The van der Waals surface area contributed by atoms with Gasteiger partial charge in [-0.15, -0.1) is 0 Å². The normalized spacial score (nSPS) is 11.0. The van der Waals surface area contributed by atoms with Gasteiger partial charge < -0.3 is 9.47 Å². The molecule has 0 unspecified atom stereocenters. The van der Waals surface area contributed by atoms with Gasteiger partial charge in [-0.1, -0.05) is 26.0 Å². The van der Waals surface area contributed by atoms with E-state index in [0.717, 1.165) is 11.3 Å². The Kier molecular flexibility index (Phi) is 6.13. The number of aryl methyl sites for hydroxylation is 1. The molecule has 104 valence electrons. The number of ether oxygens (including phenoxy) is 2. The fourth-order valence-electron chi connectivity index (χ4n) is 1.72. The van der Waals surface area contributed by atoms with Crippen molar-refractivity contribution in [1.29, 1.82) is 0 Å². The highest BCUT2D eigenvalue weighted by Crippen LogP contribution is 2.27. The van der Waals surface area contributed by atoms with Crippen LogP contribution in [-0.4, -0.2) is 19.2 Å². The van der Waals surface area contributed by atoms with Gasteiger partial charge in [0.1, 0.15) is 12.4 Å². The van der Waals surface area contributed by atoms with Crippen molar-refractivity contribution in [1.82, 2.24) is 0 Å². The summed E-state index contributed by atoms with van der Waals surface area (Å²) in [6, 6.07) is 6.19. The molecule has 0 radical (unpaired) electrons. The lowest BCUT2D eigenvalue weighted by atomic mass is 10.0. The van der Waals surface area contributed by atoms with Gasteiger partial charge in [0.25, 0.3) is 0 Å². The molecule has 0 fully saturated rings. The van der Waals surface area contributed by atoms with Gasteiger partial charge in [0.05, 0.1) is 6.61 Å². The predicted octanol–water partition coefficient (Wildman–Crippen LogP) is 3.62. The molecule has 1 aromatic rings. The fraction of sp³-hybridized carbons (Fsp3) is 0.438. The van der Waals surface area contributed by atoms with Gasteiger partial charge in [0.15, 0.2) is 0 Å². The Hall–Kier alpha value is -1.77. The molecule has 0 spiro atoms. The van der Waals surface area contributed by atoms with Gasteiger partial charge in [0.2, 0.25) is 0 Å². The first-order valence-corrected chi connectivity index (χ1v) is 6.61. The van der Waals surface area contributed by atoms with Crippen molar-refractivity contribution < 1.29 is 14.3 Å². The number of benzene rings is 1. The van der Waals surface area contributed by atoms with Crippen LogP contribution in [-0.2, 0) is 9.53 Å². The fourth-order valence-corrected chi connectivity index (χ4v) is 1.72. The number of hydrogen-bond acceptors (Lipinski definition) is 3. The second-order valence-corrected chi connectivity index (χ2v) is 4.66. The molecule has 0 aliphatic carbocycles. The Morgan fingerprint density at radius 3 is 2.74 bits per heavy atom. The van der Waals surface area contributed by atoms with Crippen molar-refractivity contribution in [3.8, 4) is 5.75 Å². The maximum absolute atomic E-state index is 11.1. The van der Waals surface area contributed by atoms with Crippen molar-refractivity contribution in [3.63, 3.8) is 0 Å².